The van der Waals surface area contributed by atoms with E-state index in [1.54, 1.807) is 0 Å². The van der Waals surface area contributed by atoms with Gasteiger partial charge in [0.2, 0.25) is 11.8 Å². The van der Waals surface area contributed by atoms with Crippen molar-refractivity contribution in [3.05, 3.63) is 0 Å². The SMILES string of the molecule is CCNC(=O)CN1CCNCC1C(N)=O. The summed E-state index contributed by atoms with van der Waals surface area (Å²) < 4.78 is 0. The molecule has 0 aromatic heterocycles. The molecule has 0 aromatic carbocycles. The van der Waals surface area contributed by atoms with Gasteiger partial charge in [0.25, 0.3) is 0 Å². The smallest absolute Gasteiger partial charge is 0.236 e. The topological polar surface area (TPSA) is 87.5 Å². The number of carbonyl (C=O) groups is 2. The molecule has 0 spiro atoms. The number of amides is 2. The van der Waals surface area contributed by atoms with Gasteiger partial charge in [0.15, 0.2) is 0 Å². The molecule has 2 amide bonds. The van der Waals surface area contributed by atoms with Crippen LogP contribution in [-0.2, 0) is 9.59 Å². The second kappa shape index (κ2) is 5.67. The molecule has 1 aliphatic rings. The number of nitrogens with zero attached hydrogens (tertiary/aromatic N) is 1. The fourth-order valence-electron chi connectivity index (χ4n) is 1.65. The van der Waals surface area contributed by atoms with Gasteiger partial charge in [-0.3, -0.25) is 14.5 Å². The highest BCUT2D eigenvalue weighted by Crippen LogP contribution is 2.01. The van der Waals surface area contributed by atoms with Crippen LogP contribution in [0.4, 0.5) is 0 Å². The summed E-state index contributed by atoms with van der Waals surface area (Å²) in [5.74, 6) is -0.447. The third-order valence-electron chi connectivity index (χ3n) is 2.40. The third-order valence-corrected chi connectivity index (χ3v) is 2.40. The van der Waals surface area contributed by atoms with E-state index >= 15 is 0 Å². The predicted molar refractivity (Wildman–Crippen MR) is 56.1 cm³/mol. The molecule has 0 aliphatic carbocycles. The lowest BCUT2D eigenvalue weighted by Crippen LogP contribution is -2.58. The number of rotatable bonds is 4. The Kier molecular flexibility index (Phi) is 4.51. The molecule has 6 heteroatoms. The van der Waals surface area contributed by atoms with E-state index < -0.39 is 0 Å². The first-order chi connectivity index (χ1) is 7.15. The number of piperazine rings is 1. The number of nitrogens with one attached hydrogen (secondary N) is 2. The predicted octanol–water partition coefficient (Wildman–Crippen LogP) is -2.12. The van der Waals surface area contributed by atoms with E-state index in [0.717, 1.165) is 6.54 Å². The van der Waals surface area contributed by atoms with Crippen LogP contribution in [0.5, 0.6) is 0 Å². The molecule has 1 rings (SSSR count). The Morgan fingerprint density at radius 1 is 1.60 bits per heavy atom. The highest BCUT2D eigenvalue weighted by Gasteiger charge is 2.27. The van der Waals surface area contributed by atoms with Crippen molar-refractivity contribution in [2.75, 3.05) is 32.7 Å². The van der Waals surface area contributed by atoms with Gasteiger partial charge < -0.3 is 16.4 Å². The lowest BCUT2D eigenvalue weighted by molar-refractivity contribution is -0.127. The Balaban J connectivity index is 2.49. The average Bonchev–Trinajstić information content (AvgIpc) is 2.18. The minimum atomic E-state index is -0.383. The molecule has 1 heterocycles. The van der Waals surface area contributed by atoms with Gasteiger partial charge in [-0.2, -0.15) is 0 Å². The minimum Gasteiger partial charge on any atom is -0.368 e. The van der Waals surface area contributed by atoms with Crippen molar-refractivity contribution in [3.8, 4) is 0 Å². The summed E-state index contributed by atoms with van der Waals surface area (Å²) in [7, 11) is 0. The summed E-state index contributed by atoms with van der Waals surface area (Å²) in [6, 6.07) is -0.374. The van der Waals surface area contributed by atoms with E-state index in [0.29, 0.717) is 19.6 Å². The Morgan fingerprint density at radius 3 is 2.93 bits per heavy atom. The molecule has 1 fully saturated rings. The van der Waals surface area contributed by atoms with Crippen molar-refractivity contribution in [2.24, 2.45) is 5.73 Å². The number of hydrogen-bond acceptors (Lipinski definition) is 4. The lowest BCUT2D eigenvalue weighted by atomic mass is 10.2. The van der Waals surface area contributed by atoms with Gasteiger partial charge in [-0.25, -0.2) is 0 Å². The van der Waals surface area contributed by atoms with Gasteiger partial charge in [-0.05, 0) is 6.92 Å². The summed E-state index contributed by atoms with van der Waals surface area (Å²) in [6.07, 6.45) is 0. The van der Waals surface area contributed by atoms with Crippen molar-refractivity contribution in [2.45, 2.75) is 13.0 Å². The van der Waals surface area contributed by atoms with Gasteiger partial charge in [0, 0.05) is 26.2 Å². The fourth-order valence-corrected chi connectivity index (χ4v) is 1.65. The summed E-state index contributed by atoms with van der Waals surface area (Å²) in [5, 5.41) is 5.78. The number of carbonyl (C=O) groups excluding carboxylic acids is 2. The summed E-state index contributed by atoms with van der Waals surface area (Å²) in [4.78, 5) is 24.3. The maximum atomic E-state index is 11.4. The second-order valence-electron chi connectivity index (χ2n) is 3.55. The molecule has 1 atom stereocenters. The van der Waals surface area contributed by atoms with Crippen LogP contribution in [-0.4, -0.2) is 55.5 Å². The fraction of sp³-hybridized carbons (Fsp3) is 0.778. The monoisotopic (exact) mass is 214 g/mol. The Hall–Kier alpha value is -1.14. The minimum absolute atomic E-state index is 0.0642. The maximum absolute atomic E-state index is 11.4. The summed E-state index contributed by atoms with van der Waals surface area (Å²) in [5.41, 5.74) is 5.25. The van der Waals surface area contributed by atoms with E-state index in [-0.39, 0.29) is 24.4 Å². The second-order valence-corrected chi connectivity index (χ2v) is 3.55. The Morgan fingerprint density at radius 2 is 2.33 bits per heavy atom. The molecule has 1 unspecified atom stereocenters. The first-order valence-electron chi connectivity index (χ1n) is 5.16. The van der Waals surface area contributed by atoms with Crippen molar-refractivity contribution in [1.82, 2.24) is 15.5 Å². The van der Waals surface area contributed by atoms with Crippen molar-refractivity contribution < 1.29 is 9.59 Å². The van der Waals surface area contributed by atoms with Crippen LogP contribution in [0.2, 0.25) is 0 Å². The molecular formula is C9H18N4O2. The van der Waals surface area contributed by atoms with E-state index in [1.165, 1.54) is 0 Å². The lowest BCUT2D eigenvalue weighted by Gasteiger charge is -2.33. The molecule has 6 nitrogen and oxygen atoms in total. The number of hydrogen-bond donors (Lipinski definition) is 3. The maximum Gasteiger partial charge on any atom is 0.236 e. The number of likely N-dealkylation sites (N-methyl/N-ethyl adjacent to an activating group) is 1. The summed E-state index contributed by atoms with van der Waals surface area (Å²) in [6.45, 7) is 4.68. The highest BCUT2D eigenvalue weighted by atomic mass is 16.2. The largest absolute Gasteiger partial charge is 0.368 e. The van der Waals surface area contributed by atoms with Crippen LogP contribution in [0.1, 0.15) is 6.92 Å². The molecule has 1 aliphatic heterocycles. The molecule has 4 N–H and O–H groups in total. The van der Waals surface area contributed by atoms with Crippen molar-refractivity contribution in [1.29, 1.82) is 0 Å². The molecule has 15 heavy (non-hydrogen) atoms. The zero-order valence-corrected chi connectivity index (χ0v) is 8.95. The van der Waals surface area contributed by atoms with Crippen LogP contribution in [0.15, 0.2) is 0 Å². The van der Waals surface area contributed by atoms with Crippen LogP contribution in [0.3, 0.4) is 0 Å². The van der Waals surface area contributed by atoms with Gasteiger partial charge in [0.1, 0.15) is 6.04 Å². The van der Waals surface area contributed by atoms with E-state index in [2.05, 4.69) is 10.6 Å². The molecule has 0 bridgehead atoms. The van der Waals surface area contributed by atoms with Crippen LogP contribution in [0.25, 0.3) is 0 Å². The zero-order chi connectivity index (χ0) is 11.3. The summed E-state index contributed by atoms with van der Waals surface area (Å²) >= 11 is 0. The average molecular weight is 214 g/mol. The van der Waals surface area contributed by atoms with E-state index in [9.17, 15) is 9.59 Å². The molecule has 0 saturated carbocycles. The van der Waals surface area contributed by atoms with Gasteiger partial charge >= 0.3 is 0 Å². The van der Waals surface area contributed by atoms with Gasteiger partial charge in [0.05, 0.1) is 6.54 Å². The van der Waals surface area contributed by atoms with Crippen LogP contribution >= 0.6 is 0 Å². The normalized spacial score (nSPS) is 22.3. The standard InChI is InChI=1S/C9H18N4O2/c1-2-12-8(14)6-13-4-3-11-5-7(13)9(10)15/h7,11H,2-6H2,1H3,(H2,10,15)(H,12,14). The van der Waals surface area contributed by atoms with E-state index in [4.69, 9.17) is 5.73 Å². The zero-order valence-electron chi connectivity index (χ0n) is 8.95. The highest BCUT2D eigenvalue weighted by molar-refractivity contribution is 5.82. The molecule has 86 valence electrons. The van der Waals surface area contributed by atoms with E-state index in [1.807, 2.05) is 11.8 Å². The van der Waals surface area contributed by atoms with Crippen LogP contribution < -0.4 is 16.4 Å². The van der Waals surface area contributed by atoms with Crippen molar-refractivity contribution in [3.63, 3.8) is 0 Å². The molecule has 0 aromatic rings. The van der Waals surface area contributed by atoms with Gasteiger partial charge in [-0.15, -0.1) is 0 Å². The first-order valence-corrected chi connectivity index (χ1v) is 5.16. The molecule has 0 radical (unpaired) electrons. The molecule has 1 saturated heterocycles. The van der Waals surface area contributed by atoms with Gasteiger partial charge in [-0.1, -0.05) is 0 Å². The Bertz CT molecular complexity index is 244. The third kappa shape index (κ3) is 3.49. The molecular weight excluding hydrogens is 196 g/mol. The first kappa shape index (κ1) is 11.9. The van der Waals surface area contributed by atoms with Crippen LogP contribution in [0, 0.1) is 0 Å². The number of nitrogens with two attached hydrogens (primary N) is 1. The Labute approximate surface area is 89.2 Å². The van der Waals surface area contributed by atoms with Crippen molar-refractivity contribution >= 4 is 11.8 Å². The quantitative estimate of drug-likeness (QED) is 0.499. The number of primary amides is 1.